The number of ether oxygens (including phenoxy) is 2. The van der Waals surface area contributed by atoms with Crippen LogP contribution < -0.4 is 0 Å². The summed E-state index contributed by atoms with van der Waals surface area (Å²) in [6, 6.07) is 8.12. The molecule has 2 unspecified atom stereocenters. The van der Waals surface area contributed by atoms with Crippen LogP contribution in [0.3, 0.4) is 0 Å². The lowest BCUT2D eigenvalue weighted by molar-refractivity contribution is -0.147. The van der Waals surface area contributed by atoms with Crippen LogP contribution in [0.25, 0.3) is 10.8 Å². The van der Waals surface area contributed by atoms with Crippen molar-refractivity contribution in [3.63, 3.8) is 0 Å². The third kappa shape index (κ3) is 3.40. The van der Waals surface area contributed by atoms with Crippen molar-refractivity contribution in [2.75, 3.05) is 0 Å². The van der Waals surface area contributed by atoms with E-state index in [1.54, 1.807) is 6.20 Å². The minimum atomic E-state index is -0.983. The molecule has 0 spiro atoms. The molecule has 2 heterocycles. The van der Waals surface area contributed by atoms with Crippen molar-refractivity contribution >= 4 is 28.5 Å². The molecule has 1 N–H and O–H groups in total. The van der Waals surface area contributed by atoms with Gasteiger partial charge in [-0.3, -0.25) is 19.4 Å². The van der Waals surface area contributed by atoms with Crippen molar-refractivity contribution in [2.24, 2.45) is 17.3 Å². The topological polar surface area (TPSA) is 103 Å². The van der Waals surface area contributed by atoms with Crippen LogP contribution in [0.2, 0.25) is 0 Å². The molecular weight excluding hydrogens is 458 g/mol. The van der Waals surface area contributed by atoms with Crippen LogP contribution in [-0.4, -0.2) is 40.0 Å². The fraction of sp³-hybridized carbons (Fsp3) is 0.379. The van der Waals surface area contributed by atoms with Crippen molar-refractivity contribution in [3.8, 4) is 0 Å². The number of aromatic nitrogens is 1. The van der Waals surface area contributed by atoms with E-state index in [9.17, 15) is 19.5 Å². The summed E-state index contributed by atoms with van der Waals surface area (Å²) in [6.45, 7) is 3.61. The lowest BCUT2D eigenvalue weighted by Crippen LogP contribution is -2.41. The summed E-state index contributed by atoms with van der Waals surface area (Å²) >= 11 is 0. The fourth-order valence-electron chi connectivity index (χ4n) is 6.78. The number of allylic oxidation sites excluding steroid dienone is 4. The van der Waals surface area contributed by atoms with Gasteiger partial charge in [-0.1, -0.05) is 37.3 Å². The quantitative estimate of drug-likeness (QED) is 0.639. The van der Waals surface area contributed by atoms with Crippen LogP contribution in [0.1, 0.15) is 44.6 Å². The predicted molar refractivity (Wildman–Crippen MR) is 131 cm³/mol. The number of hydrogen-bond donors (Lipinski definition) is 1. The van der Waals surface area contributed by atoms with Crippen LogP contribution in [0.15, 0.2) is 71.8 Å². The molecule has 1 saturated carbocycles. The minimum absolute atomic E-state index is 0.0105. The Balaban J connectivity index is 1.44. The molecular formula is C29H27NO6. The van der Waals surface area contributed by atoms with Gasteiger partial charge in [-0.05, 0) is 35.1 Å². The second-order valence-corrected chi connectivity index (χ2v) is 10.5. The first kappa shape index (κ1) is 22.7. The Bertz CT molecular complexity index is 1400. The van der Waals surface area contributed by atoms with Gasteiger partial charge < -0.3 is 14.6 Å². The predicted octanol–water partition coefficient (Wildman–Crippen LogP) is 4.49. The summed E-state index contributed by atoms with van der Waals surface area (Å²) < 4.78 is 12.4. The summed E-state index contributed by atoms with van der Waals surface area (Å²) in [5.41, 5.74) is 2.09. The molecule has 6 rings (SSSR count). The molecule has 36 heavy (non-hydrogen) atoms. The van der Waals surface area contributed by atoms with Crippen molar-refractivity contribution in [2.45, 2.75) is 51.2 Å². The van der Waals surface area contributed by atoms with Crippen molar-refractivity contribution in [1.29, 1.82) is 0 Å². The normalized spacial score (nSPS) is 32.8. The van der Waals surface area contributed by atoms with E-state index in [4.69, 9.17) is 9.47 Å². The largest absolute Gasteiger partial charge is 0.489 e. The molecule has 1 fully saturated rings. The molecule has 1 aromatic heterocycles. The highest BCUT2D eigenvalue weighted by atomic mass is 16.5. The Morgan fingerprint density at radius 2 is 2.06 bits per heavy atom. The first-order valence-electron chi connectivity index (χ1n) is 12.3. The number of ketones is 1. The summed E-state index contributed by atoms with van der Waals surface area (Å²) in [4.78, 5) is 40.8. The van der Waals surface area contributed by atoms with E-state index in [-0.39, 0.29) is 48.6 Å². The fourth-order valence-corrected chi connectivity index (χ4v) is 6.78. The third-order valence-corrected chi connectivity index (χ3v) is 8.42. The highest BCUT2D eigenvalue weighted by Gasteiger charge is 2.58. The van der Waals surface area contributed by atoms with Gasteiger partial charge >= 0.3 is 11.9 Å². The zero-order valence-corrected chi connectivity index (χ0v) is 20.1. The number of carboxylic acids is 1. The zero-order chi connectivity index (χ0) is 25.2. The van der Waals surface area contributed by atoms with Crippen molar-refractivity contribution in [1.82, 2.24) is 4.98 Å². The van der Waals surface area contributed by atoms with E-state index in [0.717, 1.165) is 21.9 Å². The van der Waals surface area contributed by atoms with Crippen LogP contribution in [0, 0.1) is 17.3 Å². The number of pyridine rings is 1. The molecule has 7 nitrogen and oxygen atoms in total. The number of nitrogens with zero attached hydrogens (tertiary/aromatic N) is 1. The number of aliphatic carboxylic acids is 1. The molecule has 0 saturated heterocycles. The van der Waals surface area contributed by atoms with Gasteiger partial charge in [0, 0.05) is 54.8 Å². The maximum atomic E-state index is 12.7. The van der Waals surface area contributed by atoms with Crippen molar-refractivity contribution in [3.05, 3.63) is 77.4 Å². The van der Waals surface area contributed by atoms with Gasteiger partial charge in [0.25, 0.3) is 0 Å². The highest BCUT2D eigenvalue weighted by Crippen LogP contribution is 2.61. The molecule has 3 aliphatic carbocycles. The first-order chi connectivity index (χ1) is 17.3. The lowest BCUT2D eigenvalue weighted by Gasteiger charge is -2.44. The van der Waals surface area contributed by atoms with E-state index >= 15 is 0 Å². The molecule has 0 radical (unpaired) electrons. The van der Waals surface area contributed by atoms with Crippen LogP contribution in [0.4, 0.5) is 0 Å². The number of carbonyl (C=O) groups is 3. The monoisotopic (exact) mass is 485 g/mol. The molecule has 4 aliphatic rings. The Kier molecular flexibility index (Phi) is 5.14. The number of esters is 1. The van der Waals surface area contributed by atoms with Gasteiger partial charge in [0.05, 0.1) is 11.5 Å². The van der Waals surface area contributed by atoms with Crippen LogP contribution in [0.5, 0.6) is 0 Å². The zero-order valence-electron chi connectivity index (χ0n) is 20.1. The standard InChI is InChI=1S/C29H27NO6/c1-15(31)35-25-13-22-27-16(10-21-23(32)11-18(28(33)34)12-24(21)36-27)6-8-29(22,2)26(25)20-5-3-4-17-14-30-9-7-19(17)20/h3-10,14,18,22,25-27H,11-13H2,1-2H3,(H,33,34)/t18?,22-,25?,26-,27+,29-/m0/s1. The summed E-state index contributed by atoms with van der Waals surface area (Å²) in [7, 11) is 0. The average Bonchev–Trinajstić information content (AvgIpc) is 3.14. The molecule has 184 valence electrons. The molecule has 0 bridgehead atoms. The molecule has 0 amide bonds. The maximum absolute atomic E-state index is 12.7. The number of rotatable bonds is 3. The number of benzene rings is 1. The number of carboxylic acid groups (broad SMARTS) is 1. The SMILES string of the molecule is CC(=O)OC1C[C@H]2[C@@H]3OC4=C(C=C3C=C[C@]2(C)[C@H]1c1cccc2cnccc12)C(=O)CC(C(=O)O)C4. The second-order valence-electron chi connectivity index (χ2n) is 10.5. The van der Waals surface area contributed by atoms with Gasteiger partial charge in [0.1, 0.15) is 18.0 Å². The Morgan fingerprint density at radius 3 is 2.83 bits per heavy atom. The summed E-state index contributed by atoms with van der Waals surface area (Å²) in [5, 5.41) is 11.6. The molecule has 6 atom stereocenters. The molecule has 7 heteroatoms. The number of fused-ring (bicyclic) bond motifs is 4. The van der Waals surface area contributed by atoms with E-state index in [1.807, 2.05) is 36.5 Å². The highest BCUT2D eigenvalue weighted by molar-refractivity contribution is 6.02. The lowest BCUT2D eigenvalue weighted by atomic mass is 9.64. The van der Waals surface area contributed by atoms with Crippen LogP contribution >= 0.6 is 0 Å². The third-order valence-electron chi connectivity index (χ3n) is 8.42. The first-order valence-corrected chi connectivity index (χ1v) is 12.3. The van der Waals surface area contributed by atoms with Crippen molar-refractivity contribution < 1.29 is 29.0 Å². The van der Waals surface area contributed by atoms with Gasteiger partial charge in [0.15, 0.2) is 5.78 Å². The number of Topliss-reactive ketones (excluding diaryl/α,β-unsaturated/α-hetero) is 1. The molecule has 1 aromatic carbocycles. The number of carbonyl (C=O) groups excluding carboxylic acids is 2. The second kappa shape index (κ2) is 8.15. The van der Waals surface area contributed by atoms with E-state index < -0.39 is 17.3 Å². The molecule has 2 aromatic rings. The number of hydrogen-bond acceptors (Lipinski definition) is 6. The Labute approximate surface area is 208 Å². The average molecular weight is 486 g/mol. The summed E-state index contributed by atoms with van der Waals surface area (Å²) in [6.07, 6.45) is 9.76. The van der Waals surface area contributed by atoms with Crippen LogP contribution in [-0.2, 0) is 23.9 Å². The van der Waals surface area contributed by atoms with E-state index in [0.29, 0.717) is 17.8 Å². The van der Waals surface area contributed by atoms with Gasteiger partial charge in [-0.25, -0.2) is 0 Å². The van der Waals surface area contributed by atoms with E-state index in [2.05, 4.69) is 24.1 Å². The maximum Gasteiger partial charge on any atom is 0.307 e. The Hall–Kier alpha value is -3.74. The smallest absolute Gasteiger partial charge is 0.307 e. The Morgan fingerprint density at radius 1 is 1.22 bits per heavy atom. The molecule has 1 aliphatic heterocycles. The van der Waals surface area contributed by atoms with E-state index in [1.165, 1.54) is 6.92 Å². The summed E-state index contributed by atoms with van der Waals surface area (Å²) in [5.74, 6) is -1.96. The van der Waals surface area contributed by atoms with Gasteiger partial charge in [-0.2, -0.15) is 0 Å². The van der Waals surface area contributed by atoms with Gasteiger partial charge in [-0.15, -0.1) is 0 Å². The minimum Gasteiger partial charge on any atom is -0.489 e. The van der Waals surface area contributed by atoms with Gasteiger partial charge in [0.2, 0.25) is 0 Å².